The van der Waals surface area contributed by atoms with Crippen LogP contribution in [0.25, 0.3) is 0 Å². The van der Waals surface area contributed by atoms with Crippen LogP contribution in [-0.2, 0) is 11.3 Å². The molecule has 0 aromatic heterocycles. The van der Waals surface area contributed by atoms with Gasteiger partial charge in [0.1, 0.15) is 0 Å². The molecule has 0 radical (unpaired) electrons. The molecule has 74 valence electrons. The molecule has 0 bridgehead atoms. The van der Waals surface area contributed by atoms with Crippen molar-refractivity contribution in [3.8, 4) is 0 Å². The number of hydrogen-bond donors (Lipinski definition) is 1. The van der Waals surface area contributed by atoms with Gasteiger partial charge in [0.05, 0.1) is 12.6 Å². The Kier molecular flexibility index (Phi) is 2.61. The van der Waals surface area contributed by atoms with E-state index in [0.717, 1.165) is 17.5 Å². The molecule has 1 aromatic rings. The number of carbonyl (C=O) groups excluding carboxylic acids is 1. The van der Waals surface area contributed by atoms with E-state index in [-0.39, 0.29) is 11.8 Å². The van der Waals surface area contributed by atoms with Crippen LogP contribution in [-0.4, -0.2) is 18.4 Å². The van der Waals surface area contributed by atoms with E-state index in [9.17, 15) is 4.79 Å². The van der Waals surface area contributed by atoms with E-state index in [2.05, 4.69) is 5.48 Å². The average molecular weight is 191 g/mol. The quantitative estimate of drug-likeness (QED) is 0.732. The Morgan fingerprint density at radius 3 is 3.00 bits per heavy atom. The molecule has 0 fully saturated rings. The summed E-state index contributed by atoms with van der Waals surface area (Å²) in [6.45, 7) is 2.46. The molecule has 0 saturated carbocycles. The summed E-state index contributed by atoms with van der Waals surface area (Å²) in [5.41, 5.74) is 4.71. The minimum absolute atomic E-state index is 0.133. The molecular formula is C11H13NO2. The monoisotopic (exact) mass is 191 g/mol. The highest BCUT2D eigenvalue weighted by Crippen LogP contribution is 2.21. The molecule has 1 aliphatic carbocycles. The number of hydroxylamine groups is 1. The van der Waals surface area contributed by atoms with Gasteiger partial charge in [-0.1, -0.05) is 24.3 Å². The van der Waals surface area contributed by atoms with E-state index < -0.39 is 0 Å². The zero-order valence-corrected chi connectivity index (χ0v) is 8.12. The van der Waals surface area contributed by atoms with Crippen LogP contribution < -0.4 is 5.48 Å². The SMILES string of the molecule is CCONC1Cc2ccccc2C1=O. The van der Waals surface area contributed by atoms with Gasteiger partial charge in [-0.2, -0.15) is 5.48 Å². The van der Waals surface area contributed by atoms with Crippen molar-refractivity contribution in [2.45, 2.75) is 19.4 Å². The van der Waals surface area contributed by atoms with Crippen molar-refractivity contribution >= 4 is 5.78 Å². The fourth-order valence-corrected chi connectivity index (χ4v) is 1.72. The van der Waals surface area contributed by atoms with E-state index in [1.807, 2.05) is 31.2 Å². The number of Topliss-reactive ketones (excluding diaryl/α,β-unsaturated/α-hetero) is 1. The Balaban J connectivity index is 2.13. The van der Waals surface area contributed by atoms with E-state index in [4.69, 9.17) is 4.84 Å². The highest BCUT2D eigenvalue weighted by atomic mass is 16.6. The minimum Gasteiger partial charge on any atom is -0.301 e. The van der Waals surface area contributed by atoms with Crippen LogP contribution in [0.3, 0.4) is 0 Å². The van der Waals surface area contributed by atoms with Gasteiger partial charge in [0.25, 0.3) is 0 Å². The lowest BCUT2D eigenvalue weighted by molar-refractivity contribution is 0.0266. The molecule has 1 atom stereocenters. The lowest BCUT2D eigenvalue weighted by Crippen LogP contribution is -2.34. The normalized spacial score (nSPS) is 19.8. The van der Waals surface area contributed by atoms with Crippen LogP contribution in [0.2, 0.25) is 0 Å². The second-order valence-corrected chi connectivity index (χ2v) is 3.33. The number of carbonyl (C=O) groups is 1. The first-order valence-electron chi connectivity index (χ1n) is 4.82. The van der Waals surface area contributed by atoms with Gasteiger partial charge in [-0.3, -0.25) is 4.79 Å². The lowest BCUT2D eigenvalue weighted by Gasteiger charge is -2.08. The van der Waals surface area contributed by atoms with Crippen LogP contribution in [0.1, 0.15) is 22.8 Å². The van der Waals surface area contributed by atoms with Crippen molar-refractivity contribution in [2.75, 3.05) is 6.61 Å². The van der Waals surface area contributed by atoms with Crippen LogP contribution in [0, 0.1) is 0 Å². The summed E-state index contributed by atoms with van der Waals surface area (Å²) in [5.74, 6) is 0.133. The first-order valence-corrected chi connectivity index (χ1v) is 4.82. The summed E-state index contributed by atoms with van der Waals surface area (Å²) < 4.78 is 0. The minimum atomic E-state index is -0.202. The van der Waals surface area contributed by atoms with Crippen molar-refractivity contribution in [3.63, 3.8) is 0 Å². The van der Waals surface area contributed by atoms with Crippen LogP contribution in [0.5, 0.6) is 0 Å². The highest BCUT2D eigenvalue weighted by molar-refractivity contribution is 6.04. The van der Waals surface area contributed by atoms with Crippen molar-refractivity contribution in [2.24, 2.45) is 0 Å². The first kappa shape index (κ1) is 9.37. The first-order chi connectivity index (χ1) is 6.83. The Bertz CT molecular complexity index is 349. The highest BCUT2D eigenvalue weighted by Gasteiger charge is 2.29. The van der Waals surface area contributed by atoms with Gasteiger partial charge in [-0.15, -0.1) is 0 Å². The Hall–Kier alpha value is -1.19. The predicted octanol–water partition coefficient (Wildman–Crippen LogP) is 1.34. The third-order valence-corrected chi connectivity index (χ3v) is 2.39. The van der Waals surface area contributed by atoms with Gasteiger partial charge in [-0.05, 0) is 18.9 Å². The molecule has 14 heavy (non-hydrogen) atoms. The molecule has 1 aromatic carbocycles. The molecule has 0 aliphatic heterocycles. The third kappa shape index (κ3) is 1.56. The molecule has 1 N–H and O–H groups in total. The largest absolute Gasteiger partial charge is 0.301 e. The van der Waals surface area contributed by atoms with E-state index in [0.29, 0.717) is 6.61 Å². The molecule has 1 unspecified atom stereocenters. The second-order valence-electron chi connectivity index (χ2n) is 3.33. The Morgan fingerprint density at radius 1 is 1.50 bits per heavy atom. The van der Waals surface area contributed by atoms with Gasteiger partial charge < -0.3 is 4.84 Å². The predicted molar refractivity (Wildman–Crippen MR) is 53.0 cm³/mol. The number of rotatable bonds is 3. The number of fused-ring (bicyclic) bond motifs is 1. The molecule has 1 aliphatic rings. The van der Waals surface area contributed by atoms with Crippen LogP contribution >= 0.6 is 0 Å². The van der Waals surface area contributed by atoms with Gasteiger partial charge >= 0.3 is 0 Å². The fraction of sp³-hybridized carbons (Fsp3) is 0.364. The number of ketones is 1. The summed E-state index contributed by atoms with van der Waals surface area (Å²) >= 11 is 0. The van der Waals surface area contributed by atoms with Crippen molar-refractivity contribution in [1.82, 2.24) is 5.48 Å². The maximum atomic E-state index is 11.8. The lowest BCUT2D eigenvalue weighted by atomic mass is 10.1. The topological polar surface area (TPSA) is 38.3 Å². The number of benzene rings is 1. The molecule has 2 rings (SSSR count). The van der Waals surface area contributed by atoms with E-state index in [1.54, 1.807) is 0 Å². The molecule has 0 spiro atoms. The second kappa shape index (κ2) is 3.90. The smallest absolute Gasteiger partial charge is 0.182 e. The standard InChI is InChI=1S/C11H13NO2/c1-2-14-12-10-7-8-5-3-4-6-9(8)11(10)13/h3-6,10,12H,2,7H2,1H3. The fourth-order valence-electron chi connectivity index (χ4n) is 1.72. The molecular weight excluding hydrogens is 178 g/mol. The van der Waals surface area contributed by atoms with Gasteiger partial charge in [0.2, 0.25) is 0 Å². The van der Waals surface area contributed by atoms with Crippen molar-refractivity contribution in [1.29, 1.82) is 0 Å². The van der Waals surface area contributed by atoms with Crippen LogP contribution in [0.15, 0.2) is 24.3 Å². The Labute approximate surface area is 83.0 Å². The van der Waals surface area contributed by atoms with Crippen molar-refractivity contribution in [3.05, 3.63) is 35.4 Å². The summed E-state index contributed by atoms with van der Waals surface area (Å²) in [6.07, 6.45) is 0.731. The average Bonchev–Trinajstić information content (AvgIpc) is 2.54. The van der Waals surface area contributed by atoms with E-state index in [1.165, 1.54) is 0 Å². The number of nitrogens with one attached hydrogen (secondary N) is 1. The summed E-state index contributed by atoms with van der Waals surface area (Å²) in [6, 6.07) is 7.49. The van der Waals surface area contributed by atoms with E-state index >= 15 is 0 Å². The third-order valence-electron chi connectivity index (χ3n) is 2.39. The van der Waals surface area contributed by atoms with Gasteiger partial charge in [-0.25, -0.2) is 0 Å². The molecule has 0 saturated heterocycles. The summed E-state index contributed by atoms with van der Waals surface area (Å²) in [7, 11) is 0. The molecule has 3 nitrogen and oxygen atoms in total. The zero-order valence-electron chi connectivity index (χ0n) is 8.12. The summed E-state index contributed by atoms with van der Waals surface area (Å²) in [4.78, 5) is 16.8. The van der Waals surface area contributed by atoms with Gasteiger partial charge in [0, 0.05) is 5.56 Å². The molecule has 0 amide bonds. The summed E-state index contributed by atoms with van der Waals surface area (Å²) in [5, 5.41) is 0. The van der Waals surface area contributed by atoms with Crippen molar-refractivity contribution < 1.29 is 9.63 Å². The molecule has 3 heteroatoms. The zero-order chi connectivity index (χ0) is 9.97. The maximum Gasteiger partial charge on any atom is 0.182 e. The molecule has 0 heterocycles. The maximum absolute atomic E-state index is 11.8. The van der Waals surface area contributed by atoms with Gasteiger partial charge in [0.15, 0.2) is 5.78 Å². The Morgan fingerprint density at radius 2 is 2.29 bits per heavy atom. The van der Waals surface area contributed by atoms with Crippen LogP contribution in [0.4, 0.5) is 0 Å². The number of hydrogen-bond acceptors (Lipinski definition) is 3.